The van der Waals surface area contributed by atoms with Crippen molar-refractivity contribution in [3.8, 4) is 5.75 Å². The Bertz CT molecular complexity index is 598. The normalized spacial score (nSPS) is 15.9. The van der Waals surface area contributed by atoms with Crippen molar-refractivity contribution in [2.45, 2.75) is 51.9 Å². The summed E-state index contributed by atoms with van der Waals surface area (Å²) in [6.45, 7) is 4.92. The largest absolute Gasteiger partial charge is 0.493 e. The van der Waals surface area contributed by atoms with Gasteiger partial charge in [-0.25, -0.2) is 8.42 Å². The zero-order valence-corrected chi connectivity index (χ0v) is 16.0. The SMILES string of the molecule is CCCCS(=O)(=O)Nc1[c]c(OCCCCC2CCNCC2)ccc1. The number of piperidine rings is 1. The van der Waals surface area contributed by atoms with Crippen LogP contribution in [0.4, 0.5) is 5.69 Å². The van der Waals surface area contributed by atoms with Gasteiger partial charge in [-0.05, 0) is 63.2 Å². The van der Waals surface area contributed by atoms with Gasteiger partial charge in [-0.15, -0.1) is 0 Å². The van der Waals surface area contributed by atoms with E-state index in [9.17, 15) is 8.42 Å². The second-order valence-corrected chi connectivity index (χ2v) is 8.58. The quantitative estimate of drug-likeness (QED) is 0.587. The smallest absolute Gasteiger partial charge is 0.232 e. The zero-order valence-electron chi connectivity index (χ0n) is 15.2. The Kier molecular flexibility index (Phi) is 8.55. The van der Waals surface area contributed by atoms with Crippen LogP contribution in [0.15, 0.2) is 18.2 Å². The van der Waals surface area contributed by atoms with Crippen LogP contribution in [0, 0.1) is 12.0 Å². The van der Waals surface area contributed by atoms with Gasteiger partial charge >= 0.3 is 0 Å². The first-order valence-electron chi connectivity index (χ1n) is 9.45. The third-order valence-corrected chi connectivity index (χ3v) is 5.88. The Morgan fingerprint density at radius 1 is 1.24 bits per heavy atom. The second kappa shape index (κ2) is 10.7. The summed E-state index contributed by atoms with van der Waals surface area (Å²) in [5.74, 6) is 1.59. The molecule has 1 aliphatic heterocycles. The van der Waals surface area contributed by atoms with Gasteiger partial charge in [-0.2, -0.15) is 0 Å². The molecule has 25 heavy (non-hydrogen) atoms. The fourth-order valence-corrected chi connectivity index (χ4v) is 4.26. The number of rotatable bonds is 11. The van der Waals surface area contributed by atoms with Crippen LogP contribution in [0.25, 0.3) is 0 Å². The molecule has 1 radical (unpaired) electrons. The molecule has 141 valence electrons. The molecular formula is C19H31N2O3S. The molecule has 1 heterocycles. The van der Waals surface area contributed by atoms with Gasteiger partial charge in [0, 0.05) is 0 Å². The third kappa shape index (κ3) is 8.10. The number of benzene rings is 1. The molecule has 0 saturated carbocycles. The summed E-state index contributed by atoms with van der Waals surface area (Å²) in [4.78, 5) is 0. The zero-order chi connectivity index (χ0) is 18.0. The van der Waals surface area contributed by atoms with Crippen LogP contribution in [-0.4, -0.2) is 33.9 Å². The van der Waals surface area contributed by atoms with Crippen LogP contribution < -0.4 is 14.8 Å². The minimum absolute atomic E-state index is 0.138. The van der Waals surface area contributed by atoms with Gasteiger partial charge in [0.2, 0.25) is 10.0 Å². The number of unbranched alkanes of at least 4 members (excludes halogenated alkanes) is 2. The first-order valence-corrected chi connectivity index (χ1v) is 11.1. The van der Waals surface area contributed by atoms with E-state index in [1.54, 1.807) is 12.1 Å². The Hall–Kier alpha value is -1.27. The number of nitrogens with one attached hydrogen (secondary N) is 2. The molecule has 1 saturated heterocycles. The maximum absolute atomic E-state index is 11.9. The topological polar surface area (TPSA) is 67.4 Å². The molecule has 0 amide bonds. The lowest BCUT2D eigenvalue weighted by Crippen LogP contribution is -2.27. The fourth-order valence-electron chi connectivity index (χ4n) is 3.03. The maximum Gasteiger partial charge on any atom is 0.232 e. The van der Waals surface area contributed by atoms with Crippen molar-refractivity contribution >= 4 is 15.7 Å². The molecule has 0 bridgehead atoms. The molecule has 0 unspecified atom stereocenters. The van der Waals surface area contributed by atoms with Gasteiger partial charge < -0.3 is 10.1 Å². The summed E-state index contributed by atoms with van der Waals surface area (Å²) in [7, 11) is -3.30. The Morgan fingerprint density at radius 3 is 2.80 bits per heavy atom. The van der Waals surface area contributed by atoms with E-state index in [1.807, 2.05) is 13.0 Å². The lowest BCUT2D eigenvalue weighted by Gasteiger charge is -2.22. The fraction of sp³-hybridized carbons (Fsp3) is 0.684. The molecular weight excluding hydrogens is 336 g/mol. The summed E-state index contributed by atoms with van der Waals surface area (Å²) in [5, 5.41) is 3.39. The number of hydrogen-bond donors (Lipinski definition) is 2. The van der Waals surface area contributed by atoms with Gasteiger partial charge in [0.05, 0.1) is 24.1 Å². The maximum atomic E-state index is 11.9. The number of sulfonamides is 1. The molecule has 0 aliphatic carbocycles. The van der Waals surface area contributed by atoms with Crippen LogP contribution in [-0.2, 0) is 10.0 Å². The average Bonchev–Trinajstić information content (AvgIpc) is 2.61. The van der Waals surface area contributed by atoms with Crippen molar-refractivity contribution < 1.29 is 13.2 Å². The standard InChI is InChI=1S/C19H31N2O3S/c1-2-3-15-25(22,23)21-18-8-6-9-19(16-18)24-14-5-4-7-17-10-12-20-13-11-17/h6,8-9,17,20-21H,2-5,7,10-15H2,1H3. The number of ether oxygens (including phenoxy) is 1. The molecule has 5 nitrogen and oxygen atoms in total. The monoisotopic (exact) mass is 367 g/mol. The third-order valence-electron chi connectivity index (χ3n) is 4.52. The highest BCUT2D eigenvalue weighted by atomic mass is 32.2. The van der Waals surface area contributed by atoms with Crippen molar-refractivity contribution in [1.29, 1.82) is 0 Å². The van der Waals surface area contributed by atoms with Gasteiger partial charge in [-0.1, -0.05) is 25.8 Å². The summed E-state index contributed by atoms with van der Waals surface area (Å²) in [6.07, 6.45) is 7.54. The van der Waals surface area contributed by atoms with E-state index < -0.39 is 10.0 Å². The Labute approximate surface area is 152 Å². The van der Waals surface area contributed by atoms with Crippen molar-refractivity contribution in [3.63, 3.8) is 0 Å². The molecule has 1 aliphatic rings. The molecule has 1 fully saturated rings. The summed E-state index contributed by atoms with van der Waals surface area (Å²) >= 11 is 0. The molecule has 6 heteroatoms. The van der Waals surface area contributed by atoms with E-state index in [0.29, 0.717) is 24.5 Å². The molecule has 1 aromatic carbocycles. The van der Waals surface area contributed by atoms with Crippen LogP contribution in [0.1, 0.15) is 51.9 Å². The van der Waals surface area contributed by atoms with E-state index in [4.69, 9.17) is 4.74 Å². The molecule has 1 aromatic rings. The van der Waals surface area contributed by atoms with Crippen LogP contribution >= 0.6 is 0 Å². The van der Waals surface area contributed by atoms with E-state index in [-0.39, 0.29) is 5.75 Å². The first kappa shape index (κ1) is 20.0. The number of hydrogen-bond acceptors (Lipinski definition) is 4. The first-order chi connectivity index (χ1) is 12.1. The van der Waals surface area contributed by atoms with Crippen LogP contribution in [0.2, 0.25) is 0 Å². The summed E-state index contributed by atoms with van der Waals surface area (Å²) in [5.41, 5.74) is 0.448. The Balaban J connectivity index is 1.70. The highest BCUT2D eigenvalue weighted by Gasteiger charge is 2.12. The molecule has 0 aromatic heterocycles. The minimum Gasteiger partial charge on any atom is -0.493 e. The Morgan fingerprint density at radius 2 is 2.04 bits per heavy atom. The highest BCUT2D eigenvalue weighted by molar-refractivity contribution is 7.92. The van der Waals surface area contributed by atoms with Gasteiger partial charge in [0.25, 0.3) is 0 Å². The molecule has 2 N–H and O–H groups in total. The molecule has 0 spiro atoms. The van der Waals surface area contributed by atoms with E-state index >= 15 is 0 Å². The van der Waals surface area contributed by atoms with Gasteiger partial charge in [0.1, 0.15) is 5.75 Å². The lowest BCUT2D eigenvalue weighted by molar-refractivity contribution is 0.287. The van der Waals surface area contributed by atoms with E-state index in [0.717, 1.165) is 31.8 Å². The molecule has 0 atom stereocenters. The number of anilines is 1. The minimum atomic E-state index is -3.30. The summed E-state index contributed by atoms with van der Waals surface area (Å²) in [6, 6.07) is 8.30. The average molecular weight is 368 g/mol. The van der Waals surface area contributed by atoms with Crippen molar-refractivity contribution in [2.75, 3.05) is 30.2 Å². The summed E-state index contributed by atoms with van der Waals surface area (Å²) < 4.78 is 32.2. The predicted octanol–water partition coefficient (Wildman–Crippen LogP) is 3.58. The van der Waals surface area contributed by atoms with E-state index in [2.05, 4.69) is 16.1 Å². The van der Waals surface area contributed by atoms with Crippen LogP contribution in [0.5, 0.6) is 5.75 Å². The van der Waals surface area contributed by atoms with Gasteiger partial charge in [-0.3, -0.25) is 4.72 Å². The van der Waals surface area contributed by atoms with Crippen molar-refractivity contribution in [3.05, 3.63) is 24.3 Å². The van der Waals surface area contributed by atoms with E-state index in [1.165, 1.54) is 25.7 Å². The molecule has 2 rings (SSSR count). The highest BCUT2D eigenvalue weighted by Crippen LogP contribution is 2.20. The lowest BCUT2D eigenvalue weighted by atomic mass is 9.93. The van der Waals surface area contributed by atoms with Crippen molar-refractivity contribution in [1.82, 2.24) is 5.32 Å². The van der Waals surface area contributed by atoms with Crippen molar-refractivity contribution in [2.24, 2.45) is 5.92 Å². The van der Waals surface area contributed by atoms with Crippen LogP contribution in [0.3, 0.4) is 0 Å². The van der Waals surface area contributed by atoms with Gasteiger partial charge in [0.15, 0.2) is 0 Å². The second-order valence-electron chi connectivity index (χ2n) is 6.74. The predicted molar refractivity (Wildman–Crippen MR) is 103 cm³/mol.